The molecule has 0 unspecified atom stereocenters. The second-order valence-electron chi connectivity index (χ2n) is 4.81. The highest BCUT2D eigenvalue weighted by Gasteiger charge is 2.34. The minimum absolute atomic E-state index is 0.0644. The molecule has 0 aromatic heterocycles. The van der Waals surface area contributed by atoms with Gasteiger partial charge in [-0.15, -0.1) is 0 Å². The molecule has 0 aliphatic carbocycles. The van der Waals surface area contributed by atoms with Crippen LogP contribution in [0.4, 0.5) is 23.7 Å². The van der Waals surface area contributed by atoms with Gasteiger partial charge in [0.2, 0.25) is 0 Å². The molecule has 0 bridgehead atoms. The summed E-state index contributed by atoms with van der Waals surface area (Å²) in [6.45, 7) is -1.93. The minimum Gasteiger partial charge on any atom is -0.464 e. The summed E-state index contributed by atoms with van der Waals surface area (Å²) < 4.78 is 55.9. The number of nitrogen functional groups attached to an aromatic ring is 1. The third-order valence-electron chi connectivity index (χ3n) is 3.16. The molecule has 1 aliphatic heterocycles. The van der Waals surface area contributed by atoms with Gasteiger partial charge < -0.3 is 10.8 Å². The summed E-state index contributed by atoms with van der Waals surface area (Å²) in [5.74, 6) is 0. The van der Waals surface area contributed by atoms with Crippen LogP contribution < -0.4 is 11.2 Å². The van der Waals surface area contributed by atoms with Crippen LogP contribution >= 0.6 is 0 Å². The molecule has 9 heteroatoms. The Morgan fingerprint density at radius 3 is 2.55 bits per heavy atom. The van der Waals surface area contributed by atoms with Gasteiger partial charge in [-0.2, -0.15) is 13.2 Å². The van der Waals surface area contributed by atoms with E-state index in [1.807, 2.05) is 0 Å². The lowest BCUT2D eigenvalue weighted by Gasteiger charge is -2.34. The summed E-state index contributed by atoms with van der Waals surface area (Å²) in [5, 5.41) is 10.0. The van der Waals surface area contributed by atoms with Crippen molar-refractivity contribution in [1.29, 1.82) is 0 Å². The van der Waals surface area contributed by atoms with Gasteiger partial charge in [-0.3, -0.25) is 10.3 Å². The lowest BCUT2D eigenvalue weighted by atomic mass is 10.1. The molecular formula is C13H17F3N4O2. The topological polar surface area (TPSA) is 81.8 Å². The first-order valence-electron chi connectivity index (χ1n) is 7.48. The first-order valence-corrected chi connectivity index (χ1v) is 6.48. The van der Waals surface area contributed by atoms with E-state index in [0.29, 0.717) is 0 Å². The van der Waals surface area contributed by atoms with E-state index in [0.717, 1.165) is 12.1 Å². The Morgan fingerprint density at radius 2 is 2.00 bits per heavy atom. The molecule has 1 aliphatic rings. The monoisotopic (exact) mass is 320 g/mol. The number of hydrazine groups is 1. The number of alkyl halides is 3. The number of halogens is 3. The van der Waals surface area contributed by atoms with Crippen LogP contribution in [0.3, 0.4) is 0 Å². The molecule has 1 heterocycles. The third kappa shape index (κ3) is 4.25. The number of carboxylic acid groups (broad SMARTS) is 1. The lowest BCUT2D eigenvalue weighted by Crippen LogP contribution is -2.53. The molecular weight excluding hydrogens is 301 g/mol. The third-order valence-corrected chi connectivity index (χ3v) is 3.16. The van der Waals surface area contributed by atoms with Gasteiger partial charge in [0, 0.05) is 41.1 Å². The van der Waals surface area contributed by atoms with Gasteiger partial charge in [0.15, 0.2) is 0 Å². The van der Waals surface area contributed by atoms with E-state index in [2.05, 4.69) is 5.43 Å². The number of anilines is 1. The van der Waals surface area contributed by atoms with Crippen molar-refractivity contribution in [1.82, 2.24) is 15.3 Å². The fourth-order valence-electron chi connectivity index (χ4n) is 2.13. The second kappa shape index (κ2) is 6.41. The molecule has 6 nitrogen and oxygen atoms in total. The predicted octanol–water partition coefficient (Wildman–Crippen LogP) is 1.59. The van der Waals surface area contributed by atoms with Gasteiger partial charge in [-0.05, 0) is 17.7 Å². The highest BCUT2D eigenvalue weighted by molar-refractivity contribution is 5.63. The first kappa shape index (κ1) is 13.6. The predicted molar refractivity (Wildman–Crippen MR) is 73.9 cm³/mol. The number of piperazine rings is 1. The van der Waals surface area contributed by atoms with Crippen LogP contribution in [0.2, 0.25) is 0 Å². The zero-order chi connectivity index (χ0) is 18.1. The molecule has 0 saturated carbocycles. The molecule has 1 aromatic rings. The highest BCUT2D eigenvalue weighted by Crippen LogP contribution is 2.33. The summed E-state index contributed by atoms with van der Waals surface area (Å²) in [6.07, 6.45) is -5.98. The molecule has 2 rings (SSSR count). The van der Waals surface area contributed by atoms with Crippen molar-refractivity contribution in [2.45, 2.75) is 12.7 Å². The molecule has 0 atom stereocenters. The van der Waals surface area contributed by atoms with Gasteiger partial charge >= 0.3 is 12.3 Å². The van der Waals surface area contributed by atoms with Crippen molar-refractivity contribution >= 4 is 11.8 Å². The second-order valence-corrected chi connectivity index (χ2v) is 4.81. The van der Waals surface area contributed by atoms with Gasteiger partial charge in [0.05, 0.1) is 5.56 Å². The Balaban J connectivity index is 2.24. The maximum Gasteiger partial charge on any atom is 0.419 e. The van der Waals surface area contributed by atoms with Gasteiger partial charge in [0.25, 0.3) is 0 Å². The fourth-order valence-corrected chi connectivity index (χ4v) is 2.13. The number of amides is 1. The zero-order valence-corrected chi connectivity index (χ0v) is 11.5. The van der Waals surface area contributed by atoms with E-state index in [9.17, 15) is 18.0 Å². The van der Waals surface area contributed by atoms with Crippen molar-refractivity contribution in [2.75, 3.05) is 31.9 Å². The maximum atomic E-state index is 13.2. The molecule has 122 valence electrons. The molecule has 22 heavy (non-hydrogen) atoms. The SMILES string of the molecule is [2H]C([2H])(c1ccc(N)cc1C(F)(F)F)N1CCN(NC(=O)O)CC1. The highest BCUT2D eigenvalue weighted by atomic mass is 19.4. The van der Waals surface area contributed by atoms with Crippen LogP contribution in [0.5, 0.6) is 0 Å². The number of rotatable bonds is 3. The van der Waals surface area contributed by atoms with Crippen LogP contribution in [0, 0.1) is 0 Å². The van der Waals surface area contributed by atoms with Gasteiger partial charge in [-0.1, -0.05) is 6.07 Å². The molecule has 4 N–H and O–H groups in total. The van der Waals surface area contributed by atoms with E-state index in [-0.39, 0.29) is 31.9 Å². The Bertz CT molecular complexity index is 620. The molecule has 1 saturated heterocycles. The number of nitrogens with two attached hydrogens (primary N) is 1. The molecule has 0 radical (unpaired) electrons. The maximum absolute atomic E-state index is 13.2. The summed E-state index contributed by atoms with van der Waals surface area (Å²) in [4.78, 5) is 11.8. The Labute approximate surface area is 128 Å². The quantitative estimate of drug-likeness (QED) is 0.737. The molecule has 0 spiro atoms. The van der Waals surface area contributed by atoms with Crippen molar-refractivity contribution in [3.05, 3.63) is 29.3 Å². The molecule has 1 amide bonds. The van der Waals surface area contributed by atoms with Crippen molar-refractivity contribution < 1.29 is 25.8 Å². The first-order chi connectivity index (χ1) is 11.0. The van der Waals surface area contributed by atoms with E-state index in [1.165, 1.54) is 16.0 Å². The summed E-state index contributed by atoms with van der Waals surface area (Å²) in [6, 6.07) is 2.99. The number of nitrogens with one attached hydrogen (secondary N) is 1. The van der Waals surface area contributed by atoms with Crippen LogP contribution in [0.25, 0.3) is 0 Å². The lowest BCUT2D eigenvalue weighted by molar-refractivity contribution is -0.138. The molecule has 1 fully saturated rings. The van der Waals surface area contributed by atoms with Crippen LogP contribution in [0.15, 0.2) is 18.2 Å². The van der Waals surface area contributed by atoms with E-state index < -0.39 is 29.9 Å². The van der Waals surface area contributed by atoms with Crippen molar-refractivity contribution in [3.63, 3.8) is 0 Å². The van der Waals surface area contributed by atoms with E-state index >= 15 is 0 Å². The largest absolute Gasteiger partial charge is 0.464 e. The fraction of sp³-hybridized carbons (Fsp3) is 0.462. The van der Waals surface area contributed by atoms with Crippen LogP contribution in [-0.4, -0.2) is 47.3 Å². The van der Waals surface area contributed by atoms with Crippen LogP contribution in [-0.2, 0) is 12.7 Å². The zero-order valence-electron chi connectivity index (χ0n) is 13.5. The van der Waals surface area contributed by atoms with Crippen LogP contribution in [0.1, 0.15) is 13.9 Å². The number of hydrogen-bond acceptors (Lipinski definition) is 4. The Morgan fingerprint density at radius 1 is 1.36 bits per heavy atom. The summed E-state index contributed by atoms with van der Waals surface area (Å²) >= 11 is 0. The van der Waals surface area contributed by atoms with E-state index in [4.69, 9.17) is 13.6 Å². The Hall–Kier alpha value is -2.00. The standard InChI is InChI=1S/C13H17F3N4O2/c14-13(15,16)11-7-10(17)2-1-9(11)8-19-3-5-20(6-4-19)18-12(21)22/h1-2,7,18H,3-6,8,17H2,(H,21,22)/i8D2. The number of carbonyl (C=O) groups is 1. The summed E-state index contributed by atoms with van der Waals surface area (Å²) in [5.41, 5.74) is 5.82. The average Bonchev–Trinajstić information content (AvgIpc) is 2.46. The smallest absolute Gasteiger partial charge is 0.419 e. The number of nitrogens with zero attached hydrogens (tertiary/aromatic N) is 2. The van der Waals surface area contributed by atoms with Gasteiger partial charge in [0.1, 0.15) is 0 Å². The number of benzene rings is 1. The van der Waals surface area contributed by atoms with Crippen molar-refractivity contribution in [2.24, 2.45) is 0 Å². The van der Waals surface area contributed by atoms with Gasteiger partial charge in [-0.25, -0.2) is 9.80 Å². The normalized spacial score (nSPS) is 19.4. The van der Waals surface area contributed by atoms with Crippen molar-refractivity contribution in [3.8, 4) is 0 Å². The molecule has 1 aromatic carbocycles. The number of hydrogen-bond donors (Lipinski definition) is 3. The van der Waals surface area contributed by atoms with E-state index in [1.54, 1.807) is 0 Å². The average molecular weight is 320 g/mol. The summed E-state index contributed by atoms with van der Waals surface area (Å²) in [7, 11) is 0. The Kier molecular flexibility index (Phi) is 3.97. The minimum atomic E-state index is -4.73.